The minimum absolute atomic E-state index is 0.126. The van der Waals surface area contributed by atoms with Crippen molar-refractivity contribution in [2.24, 2.45) is 0 Å². The summed E-state index contributed by atoms with van der Waals surface area (Å²) in [6.45, 7) is -0.126. The number of nitrogens with zero attached hydrogens (tertiary/aromatic N) is 2. The van der Waals surface area contributed by atoms with Gasteiger partial charge in [0.25, 0.3) is 0 Å². The molecule has 2 aliphatic rings. The van der Waals surface area contributed by atoms with E-state index in [-0.39, 0.29) is 6.85 Å². The van der Waals surface area contributed by atoms with Crippen LogP contribution in [0.5, 0.6) is 11.5 Å². The summed E-state index contributed by atoms with van der Waals surface area (Å²) < 4.78 is 16.2. The fourth-order valence-electron chi connectivity index (χ4n) is 9.93. The van der Waals surface area contributed by atoms with Gasteiger partial charge >= 0.3 is 6.85 Å². The smallest absolute Gasteiger partial charge is 0.336 e. The highest BCUT2D eigenvalue weighted by molar-refractivity contribution is 6.92. The normalized spacial score (nSPS) is 12.8. The number of anilines is 2. The minimum Gasteiger partial charge on any atom is -0.458 e. The van der Waals surface area contributed by atoms with Gasteiger partial charge in [-0.2, -0.15) is 0 Å². The maximum atomic E-state index is 7.23. The molecule has 274 valence electrons. The predicted molar refractivity (Wildman–Crippen MR) is 244 cm³/mol. The highest BCUT2D eigenvalue weighted by Gasteiger charge is 2.44. The molecule has 4 heterocycles. The third-order valence-corrected chi connectivity index (χ3v) is 12.4. The summed E-state index contributed by atoms with van der Waals surface area (Å²) in [4.78, 5) is 2.49. The van der Waals surface area contributed by atoms with Gasteiger partial charge in [0.05, 0.1) is 16.7 Å². The van der Waals surface area contributed by atoms with Crippen LogP contribution in [0.2, 0.25) is 0 Å². The Hall–Kier alpha value is -7.76. The van der Waals surface area contributed by atoms with Gasteiger partial charge in [0.15, 0.2) is 0 Å². The van der Waals surface area contributed by atoms with E-state index in [0.29, 0.717) is 0 Å². The minimum atomic E-state index is -0.126. The molecule has 0 unspecified atom stereocenters. The van der Waals surface area contributed by atoms with E-state index in [1.165, 1.54) is 38.4 Å². The molecule has 5 heteroatoms. The Balaban J connectivity index is 1.04. The molecule has 2 aliphatic heterocycles. The molecule has 0 radical (unpaired) electrons. The molecule has 0 aliphatic carbocycles. The van der Waals surface area contributed by atoms with E-state index in [1.54, 1.807) is 0 Å². The van der Waals surface area contributed by atoms with Crippen molar-refractivity contribution in [2.75, 3.05) is 4.81 Å². The Morgan fingerprint density at radius 1 is 0.407 bits per heavy atom. The van der Waals surface area contributed by atoms with E-state index in [2.05, 4.69) is 197 Å². The van der Waals surface area contributed by atoms with Crippen molar-refractivity contribution >= 4 is 72.9 Å². The number of furan rings is 1. The number of ether oxygens (including phenoxy) is 1. The lowest BCUT2D eigenvalue weighted by Gasteiger charge is -2.42. The second-order valence-electron chi connectivity index (χ2n) is 15.6. The van der Waals surface area contributed by atoms with Gasteiger partial charge in [-0.25, -0.2) is 0 Å². The molecule has 0 N–H and O–H groups in total. The van der Waals surface area contributed by atoms with Gasteiger partial charge in [-0.05, 0) is 82.8 Å². The summed E-state index contributed by atoms with van der Waals surface area (Å²) in [5.74, 6) is 1.70. The zero-order chi connectivity index (χ0) is 38.6. The molecule has 4 nitrogen and oxygen atoms in total. The standard InChI is InChI=1S/C54H33BN2O2/c1-2-15-36(16-3-1)57-49-27-12-7-20-41(49)44-31-35(38-22-14-23-43-42-21-8-13-28-50(42)59-54(38)43)33-52-53(44)55(57)45-30-29-34(32-51(45)58-52)37-17-4-9-24-46(37)56-47-25-10-5-18-39(47)40-19-6-11-26-48(40)56/h1-33H. The number of fused-ring (bicyclic) bond motifs is 10. The van der Waals surface area contributed by atoms with Crippen LogP contribution in [0.15, 0.2) is 205 Å². The Morgan fingerprint density at radius 3 is 1.85 bits per heavy atom. The van der Waals surface area contributed by atoms with Crippen molar-refractivity contribution < 1.29 is 9.15 Å². The summed E-state index contributed by atoms with van der Waals surface area (Å²) in [7, 11) is 0. The SMILES string of the molecule is c1ccc(N2B3c4ccc(-c5ccccc5-n5c6ccccc6c6ccccc65)cc4Oc4cc(-c5cccc6c5oc5ccccc56)cc(c43)-c3ccccc32)cc1. The van der Waals surface area contributed by atoms with E-state index < -0.39 is 0 Å². The molecule has 0 fully saturated rings. The van der Waals surface area contributed by atoms with E-state index in [9.17, 15) is 0 Å². The quantitative estimate of drug-likeness (QED) is 0.168. The van der Waals surface area contributed by atoms with Gasteiger partial charge in [0.2, 0.25) is 0 Å². The van der Waals surface area contributed by atoms with Gasteiger partial charge < -0.3 is 18.5 Å². The first-order chi connectivity index (χ1) is 29.3. The molecule has 2 aromatic heterocycles. The highest BCUT2D eigenvalue weighted by Crippen LogP contribution is 2.47. The molecular weight excluding hydrogens is 719 g/mol. The average molecular weight is 753 g/mol. The van der Waals surface area contributed by atoms with Crippen molar-refractivity contribution in [1.29, 1.82) is 0 Å². The van der Waals surface area contributed by atoms with Crippen LogP contribution in [-0.2, 0) is 0 Å². The summed E-state index contributed by atoms with van der Waals surface area (Å²) in [6, 6.07) is 71.8. The summed E-state index contributed by atoms with van der Waals surface area (Å²) in [5.41, 5.74) is 16.5. The number of rotatable bonds is 4. The number of benzene rings is 9. The molecule has 0 spiro atoms. The van der Waals surface area contributed by atoms with E-state index >= 15 is 0 Å². The molecule has 13 rings (SSSR count). The van der Waals surface area contributed by atoms with Crippen molar-refractivity contribution in [2.45, 2.75) is 0 Å². The zero-order valence-electron chi connectivity index (χ0n) is 31.8. The first kappa shape index (κ1) is 32.3. The van der Waals surface area contributed by atoms with Crippen LogP contribution in [0, 0.1) is 0 Å². The van der Waals surface area contributed by atoms with Crippen molar-refractivity contribution in [3.8, 4) is 50.6 Å². The molecule has 9 aromatic carbocycles. The molecular formula is C54H33BN2O2. The second kappa shape index (κ2) is 12.4. The third kappa shape index (κ3) is 4.67. The first-order valence-corrected chi connectivity index (χ1v) is 20.2. The number of aromatic nitrogens is 1. The molecule has 0 amide bonds. The Bertz CT molecular complexity index is 3460. The van der Waals surface area contributed by atoms with Gasteiger partial charge in [-0.15, -0.1) is 0 Å². The Morgan fingerprint density at radius 2 is 1.03 bits per heavy atom. The fraction of sp³-hybridized carbons (Fsp3) is 0. The van der Waals surface area contributed by atoms with Crippen LogP contribution in [0.1, 0.15) is 0 Å². The first-order valence-electron chi connectivity index (χ1n) is 20.2. The lowest BCUT2D eigenvalue weighted by molar-refractivity contribution is 0.487. The van der Waals surface area contributed by atoms with Crippen LogP contribution in [0.3, 0.4) is 0 Å². The largest absolute Gasteiger partial charge is 0.458 e. The van der Waals surface area contributed by atoms with E-state index in [1.807, 2.05) is 12.1 Å². The topological polar surface area (TPSA) is 30.5 Å². The van der Waals surface area contributed by atoms with Gasteiger partial charge in [-0.1, -0.05) is 140 Å². The number of hydrogen-bond acceptors (Lipinski definition) is 3. The number of para-hydroxylation sites is 7. The number of hydrogen-bond donors (Lipinski definition) is 0. The molecule has 59 heavy (non-hydrogen) atoms. The summed E-state index contributed by atoms with van der Waals surface area (Å²) in [5, 5.41) is 4.71. The Labute approximate surface area is 340 Å². The molecule has 0 atom stereocenters. The van der Waals surface area contributed by atoms with Crippen LogP contribution in [-0.4, -0.2) is 11.4 Å². The fourth-order valence-corrected chi connectivity index (χ4v) is 9.93. The second-order valence-corrected chi connectivity index (χ2v) is 15.6. The van der Waals surface area contributed by atoms with Crippen molar-refractivity contribution in [3.05, 3.63) is 200 Å². The monoisotopic (exact) mass is 752 g/mol. The third-order valence-electron chi connectivity index (χ3n) is 12.4. The summed E-state index contributed by atoms with van der Waals surface area (Å²) in [6.07, 6.45) is 0. The van der Waals surface area contributed by atoms with E-state index in [4.69, 9.17) is 9.15 Å². The lowest BCUT2D eigenvalue weighted by atomic mass is 9.44. The van der Waals surface area contributed by atoms with Crippen LogP contribution in [0.4, 0.5) is 11.4 Å². The molecule has 0 saturated carbocycles. The molecule has 11 aromatic rings. The zero-order valence-corrected chi connectivity index (χ0v) is 31.8. The average Bonchev–Trinajstić information content (AvgIpc) is 3.85. The molecule has 0 bridgehead atoms. The van der Waals surface area contributed by atoms with Gasteiger partial charge in [0, 0.05) is 55.1 Å². The van der Waals surface area contributed by atoms with Crippen molar-refractivity contribution in [3.63, 3.8) is 0 Å². The van der Waals surface area contributed by atoms with Gasteiger partial charge in [0.1, 0.15) is 22.7 Å². The Kier molecular flexibility index (Phi) is 6.78. The highest BCUT2D eigenvalue weighted by atomic mass is 16.5. The summed E-state index contributed by atoms with van der Waals surface area (Å²) >= 11 is 0. The van der Waals surface area contributed by atoms with Crippen LogP contribution < -0.4 is 20.5 Å². The van der Waals surface area contributed by atoms with Crippen LogP contribution >= 0.6 is 0 Å². The molecule has 0 saturated heterocycles. The lowest BCUT2D eigenvalue weighted by Crippen LogP contribution is -2.59. The predicted octanol–water partition coefficient (Wildman–Crippen LogP) is 13.0. The van der Waals surface area contributed by atoms with E-state index in [0.717, 1.165) is 78.2 Å². The van der Waals surface area contributed by atoms with Gasteiger partial charge in [-0.3, -0.25) is 0 Å². The maximum Gasteiger partial charge on any atom is 0.336 e. The van der Waals surface area contributed by atoms with Crippen LogP contribution in [0.25, 0.3) is 82.8 Å². The maximum absolute atomic E-state index is 7.23. The van der Waals surface area contributed by atoms with Crippen molar-refractivity contribution in [1.82, 2.24) is 4.57 Å².